The maximum absolute atomic E-state index is 13.1. The van der Waals surface area contributed by atoms with Gasteiger partial charge in [-0.05, 0) is 41.5 Å². The lowest BCUT2D eigenvalue weighted by atomic mass is 10.0. The number of fused-ring (bicyclic) bond motifs is 6. The molecule has 43 heavy (non-hydrogen) atoms. The molecule has 0 aliphatic rings. The lowest BCUT2D eigenvalue weighted by molar-refractivity contribution is -0.137. The van der Waals surface area contributed by atoms with Crippen LogP contribution in [0.4, 0.5) is 13.2 Å². The fourth-order valence-electron chi connectivity index (χ4n) is 5.51. The van der Waals surface area contributed by atoms with Gasteiger partial charge in [-0.15, -0.1) is 0 Å². The van der Waals surface area contributed by atoms with Crippen LogP contribution in [-0.4, -0.2) is 15.0 Å². The summed E-state index contributed by atoms with van der Waals surface area (Å²) in [5.74, 6) is 0. The summed E-state index contributed by atoms with van der Waals surface area (Å²) >= 11 is 0. The van der Waals surface area contributed by atoms with Crippen molar-refractivity contribution in [3.05, 3.63) is 127 Å². The molecule has 0 radical (unpaired) electrons. The van der Waals surface area contributed by atoms with Gasteiger partial charge in [-0.2, -0.15) is 13.2 Å². The predicted molar refractivity (Wildman–Crippen MR) is 163 cm³/mol. The highest BCUT2D eigenvalue weighted by Gasteiger charge is 2.31. The normalized spacial score (nSPS) is 12.1. The van der Waals surface area contributed by atoms with E-state index in [4.69, 9.17) is 14.4 Å². The average Bonchev–Trinajstić information content (AvgIpc) is 3.41. The summed E-state index contributed by atoms with van der Waals surface area (Å²) in [6, 6.07) is 37.0. The Balaban J connectivity index is 1.16. The summed E-state index contributed by atoms with van der Waals surface area (Å²) < 4.78 is 45.1. The quantitative estimate of drug-likeness (QED) is 0.199. The number of benzene rings is 4. The first-order valence-electron chi connectivity index (χ1n) is 13.7. The molecule has 0 fully saturated rings. The second-order valence-corrected chi connectivity index (χ2v) is 10.4. The second kappa shape index (κ2) is 9.49. The van der Waals surface area contributed by atoms with E-state index in [1.165, 1.54) is 0 Å². The highest BCUT2D eigenvalue weighted by molar-refractivity contribution is 6.05. The molecule has 7 heteroatoms. The maximum Gasteiger partial charge on any atom is 0.418 e. The Morgan fingerprint density at radius 2 is 1.09 bits per heavy atom. The number of furan rings is 1. The third-order valence-electron chi connectivity index (χ3n) is 7.74. The summed E-state index contributed by atoms with van der Waals surface area (Å²) in [5, 5.41) is 2.70. The van der Waals surface area contributed by atoms with E-state index >= 15 is 0 Å². The first kappa shape index (κ1) is 25.2. The van der Waals surface area contributed by atoms with Gasteiger partial charge < -0.3 is 4.42 Å². The molecular formula is C36H20F3N3O. The molecule has 0 aliphatic heterocycles. The van der Waals surface area contributed by atoms with Crippen molar-refractivity contribution in [2.24, 2.45) is 0 Å². The molecule has 0 amide bonds. The van der Waals surface area contributed by atoms with E-state index in [-0.39, 0.29) is 5.58 Å². The second-order valence-electron chi connectivity index (χ2n) is 10.4. The minimum absolute atomic E-state index is 0.109. The summed E-state index contributed by atoms with van der Waals surface area (Å²) in [6.45, 7) is 0. The molecule has 0 atom stereocenters. The van der Waals surface area contributed by atoms with Gasteiger partial charge in [0.1, 0.15) is 11.1 Å². The topological polar surface area (TPSA) is 51.8 Å². The van der Waals surface area contributed by atoms with Crippen LogP contribution in [0.25, 0.3) is 77.5 Å². The molecular weight excluding hydrogens is 547 g/mol. The molecule has 206 valence electrons. The number of halogens is 3. The molecule has 0 saturated heterocycles. The lowest BCUT2D eigenvalue weighted by Gasteiger charge is -2.09. The highest BCUT2D eigenvalue weighted by atomic mass is 19.4. The fraction of sp³-hybridized carbons (Fsp3) is 0.0278. The molecule has 8 aromatic rings. The molecule has 4 heterocycles. The van der Waals surface area contributed by atoms with Crippen LogP contribution in [0.5, 0.6) is 0 Å². The molecule has 0 N–H and O–H groups in total. The Morgan fingerprint density at radius 3 is 1.74 bits per heavy atom. The van der Waals surface area contributed by atoms with Crippen LogP contribution in [0.1, 0.15) is 5.56 Å². The molecule has 0 unspecified atom stereocenters. The zero-order valence-corrected chi connectivity index (χ0v) is 22.4. The minimum Gasteiger partial charge on any atom is -0.454 e. The number of nitrogens with zero attached hydrogens (tertiary/aromatic N) is 3. The number of hydrogen-bond acceptors (Lipinski definition) is 4. The molecule has 0 bridgehead atoms. The Bertz CT molecular complexity index is 2330. The monoisotopic (exact) mass is 567 g/mol. The van der Waals surface area contributed by atoms with Crippen molar-refractivity contribution in [2.75, 3.05) is 0 Å². The van der Waals surface area contributed by atoms with Crippen LogP contribution in [0.15, 0.2) is 126 Å². The summed E-state index contributed by atoms with van der Waals surface area (Å²) in [5.41, 5.74) is 7.45. The van der Waals surface area contributed by atoms with Crippen LogP contribution in [0.3, 0.4) is 0 Å². The van der Waals surface area contributed by atoms with E-state index in [2.05, 4.69) is 29.2 Å². The SMILES string of the molecule is FC(F)(F)c1cnc2c(c1)oc1ccc(-c3ccc(-c4ccc5ccc6ccc(-c7ccccc7)nc6c5n4)cc3)cc12. The summed E-state index contributed by atoms with van der Waals surface area (Å²) in [4.78, 5) is 14.1. The lowest BCUT2D eigenvalue weighted by Crippen LogP contribution is -2.04. The average molecular weight is 568 g/mol. The van der Waals surface area contributed by atoms with E-state index < -0.39 is 11.7 Å². The van der Waals surface area contributed by atoms with Gasteiger partial charge in [0, 0.05) is 33.5 Å². The minimum atomic E-state index is -4.48. The molecule has 0 saturated carbocycles. The first-order chi connectivity index (χ1) is 20.9. The van der Waals surface area contributed by atoms with Crippen molar-refractivity contribution in [2.45, 2.75) is 6.18 Å². The van der Waals surface area contributed by atoms with Gasteiger partial charge in [-0.1, -0.05) is 84.9 Å². The van der Waals surface area contributed by atoms with Gasteiger partial charge in [-0.25, -0.2) is 9.97 Å². The molecule has 4 nitrogen and oxygen atoms in total. The Hall–Kier alpha value is -5.56. The zero-order chi connectivity index (χ0) is 29.1. The van der Waals surface area contributed by atoms with Crippen LogP contribution in [-0.2, 0) is 6.18 Å². The third-order valence-corrected chi connectivity index (χ3v) is 7.74. The zero-order valence-electron chi connectivity index (χ0n) is 22.4. The van der Waals surface area contributed by atoms with Crippen LogP contribution < -0.4 is 0 Å². The highest BCUT2D eigenvalue weighted by Crippen LogP contribution is 2.36. The summed E-state index contributed by atoms with van der Waals surface area (Å²) in [6.07, 6.45) is -3.64. The van der Waals surface area contributed by atoms with Gasteiger partial charge in [0.25, 0.3) is 0 Å². The molecule has 0 spiro atoms. The van der Waals surface area contributed by atoms with Gasteiger partial charge in [0.2, 0.25) is 0 Å². The van der Waals surface area contributed by atoms with Gasteiger partial charge in [0.15, 0.2) is 5.58 Å². The third kappa shape index (κ3) is 4.37. The van der Waals surface area contributed by atoms with Crippen molar-refractivity contribution in [1.82, 2.24) is 15.0 Å². The molecule has 0 aliphatic carbocycles. The number of rotatable bonds is 3. The Labute approximate surface area is 243 Å². The standard InChI is InChI=1S/C36H20F3N3O/c37-36(38,39)27-19-32-35(40-20-27)28-18-26(14-17-31(28)43-32)21-6-8-23(9-7-21)30-16-13-25-11-10-24-12-15-29(22-4-2-1-3-5-22)41-33(24)34(25)42-30/h1-20H. The van der Waals surface area contributed by atoms with Gasteiger partial charge in [0.05, 0.1) is 28.0 Å². The maximum atomic E-state index is 13.1. The Morgan fingerprint density at radius 1 is 0.512 bits per heavy atom. The van der Waals surface area contributed by atoms with E-state index in [0.717, 1.165) is 67.7 Å². The van der Waals surface area contributed by atoms with Gasteiger partial charge >= 0.3 is 6.18 Å². The fourth-order valence-corrected chi connectivity index (χ4v) is 5.51. The first-order valence-corrected chi connectivity index (χ1v) is 13.7. The van der Waals surface area contributed by atoms with Gasteiger partial charge in [-0.3, -0.25) is 4.98 Å². The van der Waals surface area contributed by atoms with Crippen LogP contribution >= 0.6 is 0 Å². The Kier molecular flexibility index (Phi) is 5.56. The number of aromatic nitrogens is 3. The van der Waals surface area contributed by atoms with Crippen molar-refractivity contribution in [3.8, 4) is 33.6 Å². The molecule has 4 aromatic carbocycles. The van der Waals surface area contributed by atoms with Crippen molar-refractivity contribution in [1.29, 1.82) is 0 Å². The molecule has 4 aromatic heterocycles. The van der Waals surface area contributed by atoms with Crippen molar-refractivity contribution >= 4 is 43.9 Å². The predicted octanol–water partition coefficient (Wildman–Crippen LogP) is 10.1. The van der Waals surface area contributed by atoms with E-state index in [9.17, 15) is 13.2 Å². The molecule has 8 rings (SSSR count). The number of hydrogen-bond donors (Lipinski definition) is 0. The van der Waals surface area contributed by atoms with E-state index in [1.54, 1.807) is 6.07 Å². The van der Waals surface area contributed by atoms with Crippen molar-refractivity contribution < 1.29 is 17.6 Å². The number of alkyl halides is 3. The van der Waals surface area contributed by atoms with Crippen LogP contribution in [0, 0.1) is 0 Å². The van der Waals surface area contributed by atoms with Crippen LogP contribution in [0.2, 0.25) is 0 Å². The number of pyridine rings is 3. The smallest absolute Gasteiger partial charge is 0.418 e. The summed E-state index contributed by atoms with van der Waals surface area (Å²) in [7, 11) is 0. The van der Waals surface area contributed by atoms with E-state index in [0.29, 0.717) is 16.5 Å². The van der Waals surface area contributed by atoms with Crippen molar-refractivity contribution in [3.63, 3.8) is 0 Å². The largest absolute Gasteiger partial charge is 0.454 e. The van der Waals surface area contributed by atoms with E-state index in [1.807, 2.05) is 78.9 Å².